The van der Waals surface area contributed by atoms with Crippen molar-refractivity contribution < 1.29 is 0 Å². The Morgan fingerprint density at radius 1 is 1.06 bits per heavy atom. The molecule has 2 aliphatic rings. The molecule has 0 spiro atoms. The fourth-order valence-electron chi connectivity index (χ4n) is 4.35. The fourth-order valence-corrected chi connectivity index (χ4v) is 4.35. The summed E-state index contributed by atoms with van der Waals surface area (Å²) in [6.07, 6.45) is 8.41. The van der Waals surface area contributed by atoms with Crippen LogP contribution in [0.3, 0.4) is 0 Å². The van der Waals surface area contributed by atoms with Gasteiger partial charge >= 0.3 is 0 Å². The van der Waals surface area contributed by atoms with E-state index in [9.17, 15) is 0 Å². The second-order valence-electron chi connectivity index (χ2n) is 7.25. The van der Waals surface area contributed by atoms with E-state index in [1.54, 1.807) is 0 Å². The maximum atomic E-state index is 6.39. The molecule has 2 rings (SSSR count). The van der Waals surface area contributed by atoms with E-state index >= 15 is 0 Å². The lowest BCUT2D eigenvalue weighted by molar-refractivity contribution is 0.122. The van der Waals surface area contributed by atoms with Crippen molar-refractivity contribution in [2.45, 2.75) is 58.4 Å². The number of hydrogen-bond donors (Lipinski definition) is 1. The number of rotatable bonds is 4. The van der Waals surface area contributed by atoms with Gasteiger partial charge in [0.2, 0.25) is 0 Å². The van der Waals surface area contributed by atoms with Crippen molar-refractivity contribution in [1.29, 1.82) is 0 Å². The Kier molecular flexibility index (Phi) is 5.08. The van der Waals surface area contributed by atoms with Crippen LogP contribution in [0, 0.1) is 23.7 Å². The summed E-state index contributed by atoms with van der Waals surface area (Å²) in [5, 5.41) is 0. The van der Waals surface area contributed by atoms with Gasteiger partial charge in [-0.1, -0.05) is 26.7 Å². The summed E-state index contributed by atoms with van der Waals surface area (Å²) in [5.74, 6) is 3.30. The molecule has 2 nitrogen and oxygen atoms in total. The number of nitrogens with zero attached hydrogens (tertiary/aromatic N) is 1. The molecule has 0 aromatic heterocycles. The Balaban J connectivity index is 1.79. The van der Waals surface area contributed by atoms with Crippen LogP contribution in [0.25, 0.3) is 0 Å². The molecule has 4 atom stereocenters. The molecule has 0 aliphatic heterocycles. The minimum Gasteiger partial charge on any atom is -0.327 e. The summed E-state index contributed by atoms with van der Waals surface area (Å²) in [5.41, 5.74) is 6.39. The molecule has 2 saturated carbocycles. The van der Waals surface area contributed by atoms with E-state index in [0.717, 1.165) is 17.8 Å². The summed E-state index contributed by atoms with van der Waals surface area (Å²) in [7, 11) is 2.30. The van der Waals surface area contributed by atoms with Crippen molar-refractivity contribution in [3.05, 3.63) is 0 Å². The van der Waals surface area contributed by atoms with E-state index in [0.29, 0.717) is 12.0 Å². The first kappa shape index (κ1) is 14.3. The zero-order chi connectivity index (χ0) is 13.1. The van der Waals surface area contributed by atoms with Gasteiger partial charge in [0.1, 0.15) is 0 Å². The second-order valence-corrected chi connectivity index (χ2v) is 7.25. The highest BCUT2D eigenvalue weighted by molar-refractivity contribution is 4.87. The molecule has 0 aromatic rings. The third kappa shape index (κ3) is 3.71. The lowest BCUT2D eigenvalue weighted by Crippen LogP contribution is -2.46. The number of nitrogens with two attached hydrogens (primary N) is 1. The van der Waals surface area contributed by atoms with Gasteiger partial charge in [-0.3, -0.25) is 0 Å². The van der Waals surface area contributed by atoms with Gasteiger partial charge in [0.05, 0.1) is 0 Å². The summed E-state index contributed by atoms with van der Waals surface area (Å²) in [6, 6.07) is 0.426. The van der Waals surface area contributed by atoms with Gasteiger partial charge in [0, 0.05) is 19.1 Å². The Morgan fingerprint density at radius 3 is 2.33 bits per heavy atom. The molecule has 0 aromatic carbocycles. The smallest absolute Gasteiger partial charge is 0.00844 e. The molecule has 0 heterocycles. The van der Waals surface area contributed by atoms with E-state index in [1.807, 2.05) is 0 Å². The standard InChI is InChI=1S/C16H32N2/c1-12-8-13(2)15(16(17)9-12)11-18(3)10-14-6-4-5-7-14/h12-16H,4-11,17H2,1-3H3. The second kappa shape index (κ2) is 6.38. The van der Waals surface area contributed by atoms with Crippen LogP contribution < -0.4 is 5.73 Å². The van der Waals surface area contributed by atoms with Crippen LogP contribution in [0.15, 0.2) is 0 Å². The monoisotopic (exact) mass is 252 g/mol. The van der Waals surface area contributed by atoms with E-state index in [1.165, 1.54) is 51.6 Å². The maximum absolute atomic E-state index is 6.39. The van der Waals surface area contributed by atoms with Gasteiger partial charge in [-0.25, -0.2) is 0 Å². The molecule has 2 N–H and O–H groups in total. The van der Waals surface area contributed by atoms with Crippen LogP contribution >= 0.6 is 0 Å². The molecule has 0 amide bonds. The molecule has 0 radical (unpaired) electrons. The molecule has 106 valence electrons. The SMILES string of the molecule is CC1CC(C)C(CN(C)CC2CCCC2)C(N)C1. The summed E-state index contributed by atoms with van der Waals surface area (Å²) < 4.78 is 0. The highest BCUT2D eigenvalue weighted by Gasteiger charge is 2.32. The highest BCUT2D eigenvalue weighted by atomic mass is 15.1. The first-order chi connectivity index (χ1) is 8.56. The van der Waals surface area contributed by atoms with Crippen LogP contribution in [0.2, 0.25) is 0 Å². The molecular formula is C16H32N2. The van der Waals surface area contributed by atoms with Gasteiger partial charge in [0.15, 0.2) is 0 Å². The van der Waals surface area contributed by atoms with Crippen molar-refractivity contribution in [3.63, 3.8) is 0 Å². The van der Waals surface area contributed by atoms with Crippen molar-refractivity contribution in [2.75, 3.05) is 20.1 Å². The molecule has 0 bridgehead atoms. The van der Waals surface area contributed by atoms with Gasteiger partial charge in [-0.05, 0) is 56.4 Å². The van der Waals surface area contributed by atoms with E-state index in [2.05, 4.69) is 25.8 Å². The molecule has 0 saturated heterocycles. The van der Waals surface area contributed by atoms with E-state index in [-0.39, 0.29) is 0 Å². The van der Waals surface area contributed by atoms with Crippen molar-refractivity contribution in [3.8, 4) is 0 Å². The van der Waals surface area contributed by atoms with Crippen molar-refractivity contribution >= 4 is 0 Å². The molecular weight excluding hydrogens is 220 g/mol. The van der Waals surface area contributed by atoms with Gasteiger partial charge < -0.3 is 10.6 Å². The normalized spacial score (nSPS) is 38.5. The zero-order valence-electron chi connectivity index (χ0n) is 12.6. The van der Waals surface area contributed by atoms with Crippen LogP contribution in [-0.4, -0.2) is 31.1 Å². The molecule has 2 aliphatic carbocycles. The summed E-state index contributed by atoms with van der Waals surface area (Å²) in [4.78, 5) is 2.56. The average molecular weight is 252 g/mol. The zero-order valence-corrected chi connectivity index (χ0v) is 12.6. The quantitative estimate of drug-likeness (QED) is 0.833. The van der Waals surface area contributed by atoms with Crippen molar-refractivity contribution in [2.24, 2.45) is 29.4 Å². The topological polar surface area (TPSA) is 29.3 Å². The van der Waals surface area contributed by atoms with Gasteiger partial charge in [-0.15, -0.1) is 0 Å². The molecule has 4 unspecified atom stereocenters. The maximum Gasteiger partial charge on any atom is 0.00844 e. The van der Waals surface area contributed by atoms with E-state index < -0.39 is 0 Å². The largest absolute Gasteiger partial charge is 0.327 e. The van der Waals surface area contributed by atoms with Crippen LogP contribution in [0.5, 0.6) is 0 Å². The number of hydrogen-bond acceptors (Lipinski definition) is 2. The molecule has 2 fully saturated rings. The minimum absolute atomic E-state index is 0.426. The Labute approximate surface area is 113 Å². The van der Waals surface area contributed by atoms with Crippen LogP contribution in [0.4, 0.5) is 0 Å². The highest BCUT2D eigenvalue weighted by Crippen LogP contribution is 2.33. The Hall–Kier alpha value is -0.0800. The lowest BCUT2D eigenvalue weighted by Gasteiger charge is -2.40. The predicted octanol–water partition coefficient (Wildman–Crippen LogP) is 3.12. The average Bonchev–Trinajstić information content (AvgIpc) is 2.76. The Morgan fingerprint density at radius 2 is 1.72 bits per heavy atom. The minimum atomic E-state index is 0.426. The van der Waals surface area contributed by atoms with Crippen LogP contribution in [0.1, 0.15) is 52.4 Å². The van der Waals surface area contributed by atoms with Crippen molar-refractivity contribution in [1.82, 2.24) is 4.90 Å². The fraction of sp³-hybridized carbons (Fsp3) is 1.00. The third-order valence-electron chi connectivity index (χ3n) is 5.30. The van der Waals surface area contributed by atoms with Crippen LogP contribution in [-0.2, 0) is 0 Å². The predicted molar refractivity (Wildman–Crippen MR) is 78.5 cm³/mol. The summed E-state index contributed by atoms with van der Waals surface area (Å²) >= 11 is 0. The Bertz CT molecular complexity index is 235. The van der Waals surface area contributed by atoms with E-state index in [4.69, 9.17) is 5.73 Å². The molecule has 18 heavy (non-hydrogen) atoms. The summed E-state index contributed by atoms with van der Waals surface area (Å²) in [6.45, 7) is 7.27. The van der Waals surface area contributed by atoms with Gasteiger partial charge in [0.25, 0.3) is 0 Å². The molecule has 2 heteroatoms. The first-order valence-electron chi connectivity index (χ1n) is 8.00. The third-order valence-corrected chi connectivity index (χ3v) is 5.30. The lowest BCUT2D eigenvalue weighted by atomic mass is 9.72. The van der Waals surface area contributed by atoms with Gasteiger partial charge in [-0.2, -0.15) is 0 Å². The first-order valence-corrected chi connectivity index (χ1v) is 8.00.